The Bertz CT molecular complexity index is 1200. The van der Waals surface area contributed by atoms with Gasteiger partial charge in [0, 0.05) is 38.3 Å². The van der Waals surface area contributed by atoms with E-state index in [2.05, 4.69) is 6.07 Å². The van der Waals surface area contributed by atoms with E-state index in [0.717, 1.165) is 18.4 Å². The molecule has 3 heterocycles. The highest BCUT2D eigenvalue weighted by Crippen LogP contribution is 2.47. The number of anilines is 1. The van der Waals surface area contributed by atoms with Crippen LogP contribution in [0.15, 0.2) is 53.4 Å². The van der Waals surface area contributed by atoms with Crippen molar-refractivity contribution >= 4 is 21.6 Å². The smallest absolute Gasteiger partial charge is 0.265 e. The van der Waals surface area contributed by atoms with Gasteiger partial charge in [0.15, 0.2) is 5.60 Å². The Labute approximate surface area is 194 Å². The summed E-state index contributed by atoms with van der Waals surface area (Å²) in [5.41, 5.74) is 1.03. The lowest BCUT2D eigenvalue weighted by atomic mass is 9.95. The molecule has 2 fully saturated rings. The normalized spacial score (nSPS) is 23.4. The van der Waals surface area contributed by atoms with E-state index >= 15 is 0 Å². The van der Waals surface area contributed by atoms with Crippen LogP contribution in [0.2, 0.25) is 0 Å². The zero-order valence-corrected chi connectivity index (χ0v) is 19.1. The van der Waals surface area contributed by atoms with Crippen molar-refractivity contribution in [2.45, 2.75) is 36.3 Å². The van der Waals surface area contributed by atoms with Gasteiger partial charge in [-0.15, -0.1) is 0 Å². The molecule has 9 heteroatoms. The molecule has 33 heavy (non-hydrogen) atoms. The van der Waals surface area contributed by atoms with E-state index in [1.165, 1.54) is 4.31 Å². The lowest BCUT2D eigenvalue weighted by molar-refractivity contribution is -0.136. The third kappa shape index (κ3) is 3.73. The fourth-order valence-electron chi connectivity index (χ4n) is 4.98. The maximum atomic E-state index is 13.6. The third-order valence-electron chi connectivity index (χ3n) is 6.62. The first-order chi connectivity index (χ1) is 16.0. The first-order valence-electron chi connectivity index (χ1n) is 11.2. The van der Waals surface area contributed by atoms with Crippen LogP contribution in [0.25, 0.3) is 0 Å². The first kappa shape index (κ1) is 22.0. The SMILES string of the molecule is N#CCCN1C(=O)C2(CN(Cc3ccccc3)CO2)c2cc(S(=O)(=O)N3CCCC3)ccc21. The van der Waals surface area contributed by atoms with Gasteiger partial charge in [0.2, 0.25) is 10.0 Å². The van der Waals surface area contributed by atoms with E-state index in [9.17, 15) is 13.2 Å². The highest BCUT2D eigenvalue weighted by Gasteiger charge is 2.56. The van der Waals surface area contributed by atoms with Crippen LogP contribution >= 0.6 is 0 Å². The molecule has 1 unspecified atom stereocenters. The number of nitriles is 1. The summed E-state index contributed by atoms with van der Waals surface area (Å²) in [5, 5.41) is 9.08. The average molecular weight is 467 g/mol. The van der Waals surface area contributed by atoms with E-state index in [4.69, 9.17) is 10.00 Å². The number of fused-ring (bicyclic) bond motifs is 2. The third-order valence-corrected chi connectivity index (χ3v) is 8.52. The number of carbonyl (C=O) groups excluding carboxylic acids is 1. The summed E-state index contributed by atoms with van der Waals surface area (Å²) >= 11 is 0. The van der Waals surface area contributed by atoms with Crippen molar-refractivity contribution in [3.63, 3.8) is 0 Å². The minimum Gasteiger partial charge on any atom is -0.343 e. The number of carbonyl (C=O) groups is 1. The Kier molecular flexibility index (Phi) is 5.70. The van der Waals surface area contributed by atoms with E-state index in [1.807, 2.05) is 35.2 Å². The maximum absolute atomic E-state index is 13.6. The number of rotatable bonds is 6. The van der Waals surface area contributed by atoms with Crippen LogP contribution in [0.3, 0.4) is 0 Å². The van der Waals surface area contributed by atoms with Gasteiger partial charge >= 0.3 is 0 Å². The van der Waals surface area contributed by atoms with Gasteiger partial charge in [-0.1, -0.05) is 30.3 Å². The fourth-order valence-corrected chi connectivity index (χ4v) is 6.53. The Hall–Kier alpha value is -2.77. The Morgan fingerprint density at radius 3 is 2.58 bits per heavy atom. The topological polar surface area (TPSA) is 94.0 Å². The number of sulfonamides is 1. The van der Waals surface area contributed by atoms with E-state index in [1.54, 1.807) is 23.1 Å². The van der Waals surface area contributed by atoms with Crippen LogP contribution in [0.4, 0.5) is 5.69 Å². The Morgan fingerprint density at radius 2 is 1.85 bits per heavy atom. The van der Waals surface area contributed by atoms with Crippen LogP contribution in [0.1, 0.15) is 30.4 Å². The summed E-state index contributed by atoms with van der Waals surface area (Å²) in [6, 6.07) is 16.9. The highest BCUT2D eigenvalue weighted by molar-refractivity contribution is 7.89. The van der Waals surface area contributed by atoms with E-state index in [0.29, 0.717) is 37.4 Å². The molecule has 1 spiro atoms. The van der Waals surface area contributed by atoms with Crippen LogP contribution < -0.4 is 4.90 Å². The molecule has 8 nitrogen and oxygen atoms in total. The summed E-state index contributed by atoms with van der Waals surface area (Å²) in [6.45, 7) is 2.47. The number of hydrogen-bond donors (Lipinski definition) is 0. The van der Waals surface area contributed by atoms with Crippen LogP contribution in [0.5, 0.6) is 0 Å². The van der Waals surface area contributed by atoms with Gasteiger partial charge in [0.25, 0.3) is 5.91 Å². The highest BCUT2D eigenvalue weighted by atomic mass is 32.2. The summed E-state index contributed by atoms with van der Waals surface area (Å²) in [5.74, 6) is -0.237. The average Bonchev–Trinajstić information content (AvgIpc) is 3.55. The number of nitrogens with zero attached hydrogens (tertiary/aromatic N) is 4. The van der Waals surface area contributed by atoms with Gasteiger partial charge in [-0.3, -0.25) is 9.69 Å². The minimum atomic E-state index is -3.64. The second-order valence-electron chi connectivity index (χ2n) is 8.73. The quantitative estimate of drug-likeness (QED) is 0.649. The molecule has 1 atom stereocenters. The molecule has 1 amide bonds. The molecule has 0 radical (unpaired) electrons. The molecule has 0 aromatic heterocycles. The van der Waals surface area contributed by atoms with Gasteiger partial charge in [0.05, 0.1) is 23.1 Å². The molecule has 172 valence electrons. The van der Waals surface area contributed by atoms with Crippen molar-refractivity contribution < 1.29 is 17.9 Å². The molecular weight excluding hydrogens is 440 g/mol. The summed E-state index contributed by atoms with van der Waals surface area (Å²) in [4.78, 5) is 17.4. The molecule has 5 rings (SSSR count). The standard InChI is InChI=1S/C24H26N4O4S/c25-11-6-14-28-22-10-9-20(33(30,31)27-12-4-5-13-27)15-21(22)24(23(28)29)17-26(18-32-24)16-19-7-2-1-3-8-19/h1-3,7-10,15H,4-6,12-14,16-18H2. The van der Waals surface area contributed by atoms with E-state index < -0.39 is 15.6 Å². The van der Waals surface area contributed by atoms with Gasteiger partial charge in [0.1, 0.15) is 6.73 Å². The fraction of sp³-hybridized carbons (Fsp3) is 0.417. The largest absolute Gasteiger partial charge is 0.343 e. The molecule has 0 saturated carbocycles. The number of hydrogen-bond acceptors (Lipinski definition) is 6. The molecule has 2 saturated heterocycles. The zero-order valence-electron chi connectivity index (χ0n) is 18.3. The van der Waals surface area contributed by atoms with Crippen molar-refractivity contribution in [2.24, 2.45) is 0 Å². The Morgan fingerprint density at radius 1 is 1.09 bits per heavy atom. The first-order valence-corrected chi connectivity index (χ1v) is 12.6. The molecule has 0 bridgehead atoms. The van der Waals surface area contributed by atoms with Crippen molar-refractivity contribution in [3.8, 4) is 6.07 Å². The van der Waals surface area contributed by atoms with Crippen molar-refractivity contribution in [1.29, 1.82) is 5.26 Å². The van der Waals surface area contributed by atoms with Gasteiger partial charge in [-0.25, -0.2) is 8.42 Å². The second-order valence-corrected chi connectivity index (χ2v) is 10.7. The maximum Gasteiger partial charge on any atom is 0.265 e. The Balaban J connectivity index is 1.51. The molecule has 0 N–H and O–H groups in total. The minimum absolute atomic E-state index is 0.183. The van der Waals surface area contributed by atoms with Crippen LogP contribution in [-0.2, 0) is 31.7 Å². The molecule has 3 aliphatic rings. The molecule has 0 aliphatic carbocycles. The van der Waals surface area contributed by atoms with Crippen LogP contribution in [0, 0.1) is 11.3 Å². The van der Waals surface area contributed by atoms with Gasteiger partial charge < -0.3 is 9.64 Å². The monoisotopic (exact) mass is 466 g/mol. The van der Waals surface area contributed by atoms with Crippen molar-refractivity contribution in [1.82, 2.24) is 9.21 Å². The lowest BCUT2D eigenvalue weighted by Crippen LogP contribution is -2.43. The van der Waals surface area contributed by atoms with Crippen LogP contribution in [-0.4, -0.2) is 56.4 Å². The van der Waals surface area contributed by atoms with Gasteiger partial charge in [-0.2, -0.15) is 9.57 Å². The van der Waals surface area contributed by atoms with Gasteiger partial charge in [-0.05, 0) is 36.6 Å². The molecule has 2 aromatic rings. The summed E-state index contributed by atoms with van der Waals surface area (Å²) in [6.07, 6.45) is 1.89. The molecule has 3 aliphatic heterocycles. The number of ether oxygens (including phenoxy) is 1. The molecular formula is C24H26N4O4S. The lowest BCUT2D eigenvalue weighted by Gasteiger charge is -2.23. The van der Waals surface area contributed by atoms with Crippen molar-refractivity contribution in [2.75, 3.05) is 37.8 Å². The molecule has 2 aromatic carbocycles. The predicted molar refractivity (Wildman–Crippen MR) is 121 cm³/mol. The van der Waals surface area contributed by atoms with E-state index in [-0.39, 0.29) is 30.5 Å². The summed E-state index contributed by atoms with van der Waals surface area (Å²) in [7, 11) is -3.64. The second kappa shape index (κ2) is 8.54. The van der Waals surface area contributed by atoms with Crippen molar-refractivity contribution in [3.05, 3.63) is 59.7 Å². The predicted octanol–water partition coefficient (Wildman–Crippen LogP) is 2.42. The number of benzene rings is 2. The number of amides is 1. The zero-order chi connectivity index (χ0) is 23.1. The summed E-state index contributed by atoms with van der Waals surface area (Å²) < 4.78 is 34.1.